The van der Waals surface area contributed by atoms with Crippen LogP contribution in [0.1, 0.15) is 22.8 Å². The molecule has 6 nitrogen and oxygen atoms in total. The van der Waals surface area contributed by atoms with E-state index in [1.54, 1.807) is 24.3 Å². The lowest BCUT2D eigenvalue weighted by molar-refractivity contribution is -0.117. The van der Waals surface area contributed by atoms with Gasteiger partial charge in [-0.15, -0.1) is 0 Å². The number of hydrazine groups is 1. The number of carbonyl (C=O) groups is 3. The van der Waals surface area contributed by atoms with Crippen LogP contribution in [0, 0.1) is 5.82 Å². The van der Waals surface area contributed by atoms with Crippen molar-refractivity contribution in [3.63, 3.8) is 0 Å². The van der Waals surface area contributed by atoms with E-state index >= 15 is 0 Å². The Hall–Kier alpha value is -3.48. The number of anilines is 1. The highest BCUT2D eigenvalue weighted by atomic mass is 19.1. The Morgan fingerprint density at radius 1 is 0.960 bits per heavy atom. The van der Waals surface area contributed by atoms with Gasteiger partial charge in [0.2, 0.25) is 5.91 Å². The molecule has 0 heterocycles. The van der Waals surface area contributed by atoms with E-state index in [0.717, 1.165) is 11.6 Å². The normalized spacial score (nSPS) is 10.3. The maximum Gasteiger partial charge on any atom is 0.272 e. The lowest BCUT2D eigenvalue weighted by Gasteiger charge is -2.06. The average Bonchev–Trinajstić information content (AvgIpc) is 2.59. The fourth-order valence-electron chi connectivity index (χ4n) is 1.93. The number of hydrogen-bond acceptors (Lipinski definition) is 3. The van der Waals surface area contributed by atoms with Crippen LogP contribution in [0.2, 0.25) is 0 Å². The van der Waals surface area contributed by atoms with Crippen LogP contribution in [0.5, 0.6) is 0 Å². The molecule has 0 saturated heterocycles. The van der Waals surface area contributed by atoms with Crippen molar-refractivity contribution < 1.29 is 18.8 Å². The van der Waals surface area contributed by atoms with Gasteiger partial charge in [0.25, 0.3) is 11.8 Å². The van der Waals surface area contributed by atoms with E-state index in [9.17, 15) is 18.8 Å². The summed E-state index contributed by atoms with van der Waals surface area (Å²) in [6, 6.07) is 12.3. The van der Waals surface area contributed by atoms with Gasteiger partial charge in [-0.25, -0.2) is 4.39 Å². The van der Waals surface area contributed by atoms with E-state index in [2.05, 4.69) is 16.2 Å². The first kappa shape index (κ1) is 17.9. The highest BCUT2D eigenvalue weighted by Crippen LogP contribution is 2.10. The summed E-state index contributed by atoms with van der Waals surface area (Å²) < 4.78 is 13.4. The summed E-state index contributed by atoms with van der Waals surface area (Å²) in [5.74, 6) is -2.17. The Bertz CT molecular complexity index is 817. The van der Waals surface area contributed by atoms with Crippen molar-refractivity contribution in [1.29, 1.82) is 0 Å². The summed E-state index contributed by atoms with van der Waals surface area (Å²) in [7, 11) is 0. The van der Waals surface area contributed by atoms with Crippen molar-refractivity contribution in [2.45, 2.75) is 6.92 Å². The van der Waals surface area contributed by atoms with Crippen LogP contribution in [0.3, 0.4) is 0 Å². The number of halogens is 1. The fraction of sp³-hybridized carbons (Fsp3) is 0.0556. The Morgan fingerprint density at radius 2 is 1.64 bits per heavy atom. The molecule has 0 saturated carbocycles. The molecule has 0 aliphatic heterocycles. The molecular formula is C18H16FN3O3. The van der Waals surface area contributed by atoms with Crippen LogP contribution in [-0.4, -0.2) is 17.7 Å². The number of carbonyl (C=O) groups excluding carboxylic acids is 3. The van der Waals surface area contributed by atoms with E-state index in [1.807, 2.05) is 0 Å². The molecule has 0 aromatic heterocycles. The highest BCUT2D eigenvalue weighted by Gasteiger charge is 2.10. The van der Waals surface area contributed by atoms with Crippen molar-refractivity contribution in [3.8, 4) is 0 Å². The second kappa shape index (κ2) is 8.39. The average molecular weight is 341 g/mol. The monoisotopic (exact) mass is 341 g/mol. The van der Waals surface area contributed by atoms with Crippen LogP contribution in [0.15, 0.2) is 54.6 Å². The van der Waals surface area contributed by atoms with Gasteiger partial charge in [-0.3, -0.25) is 25.2 Å². The minimum absolute atomic E-state index is 0.166. The van der Waals surface area contributed by atoms with E-state index < -0.39 is 17.6 Å². The molecule has 7 heteroatoms. The fourth-order valence-corrected chi connectivity index (χ4v) is 1.93. The summed E-state index contributed by atoms with van der Waals surface area (Å²) in [5, 5.41) is 2.63. The number of hydrogen-bond donors (Lipinski definition) is 3. The molecule has 2 aromatic carbocycles. The molecule has 25 heavy (non-hydrogen) atoms. The molecular weight excluding hydrogens is 325 g/mol. The molecule has 2 aromatic rings. The van der Waals surface area contributed by atoms with E-state index in [1.165, 1.54) is 37.3 Å². The van der Waals surface area contributed by atoms with Crippen molar-refractivity contribution >= 4 is 29.5 Å². The smallest absolute Gasteiger partial charge is 0.272 e. The second-order valence-electron chi connectivity index (χ2n) is 5.06. The minimum Gasteiger partial charge on any atom is -0.326 e. The van der Waals surface area contributed by atoms with Gasteiger partial charge >= 0.3 is 0 Å². The molecule has 0 spiro atoms. The standard InChI is InChI=1S/C18H16FN3O3/c1-12(23)20-14-9-6-13(7-10-14)8-11-17(24)21-22-18(25)15-4-2-3-5-16(15)19/h2-11H,1H3,(H,20,23)(H,21,24)(H,22,25)/b11-8+. The first-order valence-electron chi connectivity index (χ1n) is 7.36. The van der Waals surface area contributed by atoms with Crippen LogP contribution < -0.4 is 16.2 Å². The van der Waals surface area contributed by atoms with E-state index in [-0.39, 0.29) is 11.5 Å². The van der Waals surface area contributed by atoms with Crippen LogP contribution in [0.25, 0.3) is 6.08 Å². The summed E-state index contributed by atoms with van der Waals surface area (Å²) >= 11 is 0. The highest BCUT2D eigenvalue weighted by molar-refractivity contribution is 5.98. The quantitative estimate of drug-likeness (QED) is 0.589. The predicted molar refractivity (Wildman–Crippen MR) is 91.8 cm³/mol. The second-order valence-corrected chi connectivity index (χ2v) is 5.06. The molecule has 0 radical (unpaired) electrons. The van der Waals surface area contributed by atoms with Gasteiger partial charge < -0.3 is 5.32 Å². The zero-order valence-corrected chi connectivity index (χ0v) is 13.4. The molecule has 0 fully saturated rings. The lowest BCUT2D eigenvalue weighted by Crippen LogP contribution is -2.41. The minimum atomic E-state index is -0.750. The zero-order chi connectivity index (χ0) is 18.2. The molecule has 3 amide bonds. The molecule has 128 valence electrons. The van der Waals surface area contributed by atoms with Crippen molar-refractivity contribution in [2.24, 2.45) is 0 Å². The summed E-state index contributed by atoms with van der Waals surface area (Å²) in [4.78, 5) is 34.4. The van der Waals surface area contributed by atoms with Crippen LogP contribution in [0.4, 0.5) is 10.1 Å². The van der Waals surface area contributed by atoms with Crippen molar-refractivity contribution in [2.75, 3.05) is 5.32 Å². The van der Waals surface area contributed by atoms with Gasteiger partial charge in [-0.05, 0) is 35.9 Å². The zero-order valence-electron chi connectivity index (χ0n) is 13.4. The largest absolute Gasteiger partial charge is 0.326 e. The van der Waals surface area contributed by atoms with Crippen molar-refractivity contribution in [1.82, 2.24) is 10.9 Å². The Balaban J connectivity index is 1.87. The van der Waals surface area contributed by atoms with E-state index in [0.29, 0.717) is 5.69 Å². The molecule has 3 N–H and O–H groups in total. The third-order valence-electron chi connectivity index (χ3n) is 3.08. The molecule has 0 unspecified atom stereocenters. The Morgan fingerprint density at radius 3 is 2.28 bits per heavy atom. The summed E-state index contributed by atoms with van der Waals surface area (Å²) in [6.45, 7) is 1.41. The third-order valence-corrected chi connectivity index (χ3v) is 3.08. The maximum absolute atomic E-state index is 13.4. The maximum atomic E-state index is 13.4. The summed E-state index contributed by atoms with van der Waals surface area (Å²) in [6.07, 6.45) is 2.75. The Labute approximate surface area is 143 Å². The van der Waals surface area contributed by atoms with Gasteiger partial charge in [-0.1, -0.05) is 24.3 Å². The molecule has 2 rings (SSSR count). The SMILES string of the molecule is CC(=O)Nc1ccc(/C=C/C(=O)NNC(=O)c2ccccc2F)cc1. The van der Waals surface area contributed by atoms with Crippen molar-refractivity contribution in [3.05, 3.63) is 71.6 Å². The third kappa shape index (κ3) is 5.58. The molecule has 0 aliphatic rings. The predicted octanol–water partition coefficient (Wildman–Crippen LogP) is 2.26. The van der Waals surface area contributed by atoms with Crippen LogP contribution >= 0.6 is 0 Å². The molecule has 0 atom stereocenters. The van der Waals surface area contributed by atoms with Gasteiger partial charge in [-0.2, -0.15) is 0 Å². The molecule has 0 bridgehead atoms. The number of nitrogens with one attached hydrogen (secondary N) is 3. The van der Waals surface area contributed by atoms with Gasteiger partial charge in [0.1, 0.15) is 5.82 Å². The van der Waals surface area contributed by atoms with Crippen LogP contribution in [-0.2, 0) is 9.59 Å². The lowest BCUT2D eigenvalue weighted by atomic mass is 10.2. The molecule has 0 aliphatic carbocycles. The van der Waals surface area contributed by atoms with Gasteiger partial charge in [0.15, 0.2) is 0 Å². The number of benzene rings is 2. The van der Waals surface area contributed by atoms with E-state index in [4.69, 9.17) is 0 Å². The number of amides is 3. The first-order chi connectivity index (χ1) is 12.0. The number of rotatable bonds is 4. The van der Waals surface area contributed by atoms with Gasteiger partial charge in [0, 0.05) is 18.7 Å². The summed E-state index contributed by atoms with van der Waals surface area (Å²) in [5.41, 5.74) is 5.50. The first-order valence-corrected chi connectivity index (χ1v) is 7.36. The topological polar surface area (TPSA) is 87.3 Å². The van der Waals surface area contributed by atoms with Gasteiger partial charge in [0.05, 0.1) is 5.56 Å². The Kier molecular flexibility index (Phi) is 6.00.